The first kappa shape index (κ1) is 17.7. The normalized spacial score (nSPS) is 20.6. The SMILES string of the molecule is C\C=C(/C=C\C(Br)=C(/C)CC)CN1CCN(CC)CC1. The van der Waals surface area contributed by atoms with Gasteiger partial charge in [-0.3, -0.25) is 4.90 Å². The molecule has 0 N–H and O–H groups in total. The zero-order chi connectivity index (χ0) is 15.0. The smallest absolute Gasteiger partial charge is 0.0231 e. The summed E-state index contributed by atoms with van der Waals surface area (Å²) in [5.74, 6) is 0. The van der Waals surface area contributed by atoms with Crippen LogP contribution in [0, 0.1) is 0 Å². The first-order valence-electron chi connectivity index (χ1n) is 7.73. The van der Waals surface area contributed by atoms with Crippen molar-refractivity contribution in [2.45, 2.75) is 34.1 Å². The van der Waals surface area contributed by atoms with E-state index in [0.717, 1.165) is 13.0 Å². The lowest BCUT2D eigenvalue weighted by atomic mass is 10.1. The Morgan fingerprint density at radius 3 is 2.15 bits per heavy atom. The Morgan fingerprint density at radius 2 is 1.65 bits per heavy atom. The largest absolute Gasteiger partial charge is 0.301 e. The average molecular weight is 341 g/mol. The summed E-state index contributed by atoms with van der Waals surface area (Å²) in [5, 5.41) is 0. The standard InChI is InChI=1S/C17H29BrN2/c1-5-15(4)17(18)9-8-16(6-2)14-20-12-10-19(7-3)11-13-20/h6,8-9H,5,7,10-14H2,1-4H3/b9-8-,16-6+,17-15-. The van der Waals surface area contributed by atoms with Gasteiger partial charge in [-0.2, -0.15) is 0 Å². The first-order valence-corrected chi connectivity index (χ1v) is 8.53. The van der Waals surface area contributed by atoms with Gasteiger partial charge in [0.25, 0.3) is 0 Å². The van der Waals surface area contributed by atoms with Crippen LogP contribution in [0.4, 0.5) is 0 Å². The number of halogens is 1. The Morgan fingerprint density at radius 1 is 1.05 bits per heavy atom. The molecule has 0 amide bonds. The summed E-state index contributed by atoms with van der Waals surface area (Å²) in [6.45, 7) is 15.8. The van der Waals surface area contributed by atoms with E-state index in [1.807, 2.05) is 0 Å². The zero-order valence-corrected chi connectivity index (χ0v) is 15.0. The number of nitrogens with zero attached hydrogens (tertiary/aromatic N) is 2. The van der Waals surface area contributed by atoms with Gasteiger partial charge < -0.3 is 4.90 Å². The summed E-state index contributed by atoms with van der Waals surface area (Å²) >= 11 is 3.65. The van der Waals surface area contributed by atoms with E-state index in [1.54, 1.807) is 0 Å². The Kier molecular flexibility index (Phi) is 8.43. The lowest BCUT2D eigenvalue weighted by molar-refractivity contribution is 0.146. The molecule has 1 aliphatic heterocycles. The second-order valence-corrected chi connectivity index (χ2v) is 6.24. The number of rotatable bonds is 6. The predicted molar refractivity (Wildman–Crippen MR) is 93.4 cm³/mol. The van der Waals surface area contributed by atoms with Gasteiger partial charge in [0.1, 0.15) is 0 Å². The highest BCUT2D eigenvalue weighted by atomic mass is 79.9. The number of hydrogen-bond donors (Lipinski definition) is 0. The van der Waals surface area contributed by atoms with E-state index in [2.05, 4.69) is 71.7 Å². The monoisotopic (exact) mass is 340 g/mol. The minimum absolute atomic E-state index is 1.07. The second-order valence-electron chi connectivity index (χ2n) is 5.39. The van der Waals surface area contributed by atoms with Crippen LogP contribution < -0.4 is 0 Å². The highest BCUT2D eigenvalue weighted by molar-refractivity contribution is 9.11. The predicted octanol–water partition coefficient (Wildman–Crippen LogP) is 4.21. The molecule has 0 atom stereocenters. The van der Waals surface area contributed by atoms with E-state index in [-0.39, 0.29) is 0 Å². The van der Waals surface area contributed by atoms with Crippen molar-refractivity contribution >= 4 is 15.9 Å². The number of allylic oxidation sites excluding steroid dienone is 4. The van der Waals surface area contributed by atoms with Crippen LogP contribution in [-0.2, 0) is 0 Å². The van der Waals surface area contributed by atoms with Crippen molar-refractivity contribution in [3.63, 3.8) is 0 Å². The highest BCUT2D eigenvalue weighted by Gasteiger charge is 2.15. The lowest BCUT2D eigenvalue weighted by Gasteiger charge is -2.34. The van der Waals surface area contributed by atoms with Crippen LogP contribution in [0.5, 0.6) is 0 Å². The van der Waals surface area contributed by atoms with Crippen LogP contribution >= 0.6 is 15.9 Å². The summed E-state index contributed by atoms with van der Waals surface area (Å²) in [4.78, 5) is 5.07. The molecule has 1 saturated heterocycles. The fourth-order valence-corrected chi connectivity index (χ4v) is 2.67. The fraction of sp³-hybridized carbons (Fsp3) is 0.647. The van der Waals surface area contributed by atoms with Crippen LogP contribution in [0.25, 0.3) is 0 Å². The highest BCUT2D eigenvalue weighted by Crippen LogP contribution is 2.17. The first-order chi connectivity index (χ1) is 9.60. The lowest BCUT2D eigenvalue weighted by Crippen LogP contribution is -2.46. The Bertz CT molecular complexity index is 374. The van der Waals surface area contributed by atoms with Crippen molar-refractivity contribution in [1.29, 1.82) is 0 Å². The summed E-state index contributed by atoms with van der Waals surface area (Å²) in [6.07, 6.45) is 7.76. The van der Waals surface area contributed by atoms with E-state index in [9.17, 15) is 0 Å². The summed E-state index contributed by atoms with van der Waals surface area (Å²) in [7, 11) is 0. The molecule has 20 heavy (non-hydrogen) atoms. The molecule has 0 saturated carbocycles. The van der Waals surface area contributed by atoms with Gasteiger partial charge >= 0.3 is 0 Å². The third kappa shape index (κ3) is 5.94. The van der Waals surface area contributed by atoms with Crippen molar-refractivity contribution in [1.82, 2.24) is 9.80 Å². The minimum Gasteiger partial charge on any atom is -0.301 e. The molecule has 1 rings (SSSR count). The minimum atomic E-state index is 1.07. The molecular formula is C17H29BrN2. The number of likely N-dealkylation sites (N-methyl/N-ethyl adjacent to an activating group) is 1. The van der Waals surface area contributed by atoms with Gasteiger partial charge in [-0.05, 0) is 38.5 Å². The molecule has 1 heterocycles. The van der Waals surface area contributed by atoms with Crippen LogP contribution in [0.3, 0.4) is 0 Å². The van der Waals surface area contributed by atoms with Gasteiger partial charge in [0, 0.05) is 37.2 Å². The summed E-state index contributed by atoms with van der Waals surface area (Å²) < 4.78 is 1.22. The second kappa shape index (κ2) is 9.54. The van der Waals surface area contributed by atoms with Gasteiger partial charge in [0.2, 0.25) is 0 Å². The van der Waals surface area contributed by atoms with E-state index < -0.39 is 0 Å². The molecular weight excluding hydrogens is 312 g/mol. The maximum absolute atomic E-state index is 3.65. The van der Waals surface area contributed by atoms with Gasteiger partial charge in [-0.15, -0.1) is 0 Å². The van der Waals surface area contributed by atoms with Crippen molar-refractivity contribution in [2.24, 2.45) is 0 Å². The fourth-order valence-electron chi connectivity index (χ4n) is 2.25. The molecule has 0 bridgehead atoms. The summed E-state index contributed by atoms with van der Waals surface area (Å²) in [6, 6.07) is 0. The molecule has 0 aromatic carbocycles. The molecule has 1 aliphatic rings. The molecule has 114 valence electrons. The van der Waals surface area contributed by atoms with E-state index in [0.29, 0.717) is 0 Å². The quantitative estimate of drug-likeness (QED) is 0.668. The maximum Gasteiger partial charge on any atom is 0.0231 e. The molecule has 0 aliphatic carbocycles. The molecule has 0 radical (unpaired) electrons. The third-order valence-electron chi connectivity index (χ3n) is 4.07. The molecule has 0 aromatic heterocycles. The molecule has 0 spiro atoms. The maximum atomic E-state index is 3.65. The van der Waals surface area contributed by atoms with Gasteiger partial charge in [0.05, 0.1) is 0 Å². The van der Waals surface area contributed by atoms with E-state index in [4.69, 9.17) is 0 Å². The Hall–Kier alpha value is -0.380. The molecule has 0 aromatic rings. The third-order valence-corrected chi connectivity index (χ3v) is 5.01. The van der Waals surface area contributed by atoms with Crippen molar-refractivity contribution in [3.05, 3.63) is 33.9 Å². The van der Waals surface area contributed by atoms with Crippen molar-refractivity contribution in [3.8, 4) is 0 Å². The zero-order valence-electron chi connectivity index (χ0n) is 13.5. The topological polar surface area (TPSA) is 6.48 Å². The molecule has 0 unspecified atom stereocenters. The Balaban J connectivity index is 2.51. The van der Waals surface area contributed by atoms with Gasteiger partial charge in [-0.1, -0.05) is 47.5 Å². The van der Waals surface area contributed by atoms with Crippen LogP contribution in [-0.4, -0.2) is 49.1 Å². The molecule has 3 heteroatoms. The van der Waals surface area contributed by atoms with Crippen molar-refractivity contribution in [2.75, 3.05) is 39.3 Å². The molecule has 1 fully saturated rings. The Labute approximate surface area is 133 Å². The average Bonchev–Trinajstić information content (AvgIpc) is 2.50. The van der Waals surface area contributed by atoms with Crippen LogP contribution in [0.15, 0.2) is 33.9 Å². The van der Waals surface area contributed by atoms with Gasteiger partial charge in [-0.25, -0.2) is 0 Å². The van der Waals surface area contributed by atoms with Crippen molar-refractivity contribution < 1.29 is 0 Å². The van der Waals surface area contributed by atoms with E-state index in [1.165, 1.54) is 48.4 Å². The summed E-state index contributed by atoms with van der Waals surface area (Å²) in [5.41, 5.74) is 2.80. The number of piperazine rings is 1. The van der Waals surface area contributed by atoms with Crippen LogP contribution in [0.1, 0.15) is 34.1 Å². The van der Waals surface area contributed by atoms with Crippen LogP contribution in [0.2, 0.25) is 0 Å². The van der Waals surface area contributed by atoms with E-state index >= 15 is 0 Å². The molecule has 2 nitrogen and oxygen atoms in total. The van der Waals surface area contributed by atoms with Gasteiger partial charge in [0.15, 0.2) is 0 Å². The number of hydrogen-bond acceptors (Lipinski definition) is 2.